The van der Waals surface area contributed by atoms with Gasteiger partial charge in [0.2, 0.25) is 5.88 Å². The summed E-state index contributed by atoms with van der Waals surface area (Å²) < 4.78 is 18.2. The molecule has 0 fully saturated rings. The Bertz CT molecular complexity index is 605. The fourth-order valence-corrected chi connectivity index (χ4v) is 1.59. The number of aldehydes is 1. The second-order valence-electron chi connectivity index (χ2n) is 3.34. The van der Waals surface area contributed by atoms with Crippen molar-refractivity contribution in [1.82, 2.24) is 4.98 Å². The summed E-state index contributed by atoms with van der Waals surface area (Å²) in [5.74, 6) is -0.413. The average molecular weight is 286 g/mol. The molecule has 0 unspecified atom stereocenters. The van der Waals surface area contributed by atoms with Gasteiger partial charge in [-0.2, -0.15) is 0 Å². The fourth-order valence-electron chi connectivity index (χ4n) is 1.27. The van der Waals surface area contributed by atoms with Gasteiger partial charge in [0.05, 0.1) is 16.8 Å². The molecule has 0 saturated carbocycles. The van der Waals surface area contributed by atoms with E-state index in [1.165, 1.54) is 6.07 Å². The molecule has 0 aliphatic carbocycles. The normalized spacial score (nSPS) is 10.2. The topological polar surface area (TPSA) is 39.2 Å². The van der Waals surface area contributed by atoms with Crippen molar-refractivity contribution in [1.29, 1.82) is 0 Å². The van der Waals surface area contributed by atoms with E-state index < -0.39 is 5.82 Å². The maximum Gasteiger partial charge on any atom is 0.230 e. The van der Waals surface area contributed by atoms with Crippen LogP contribution in [-0.2, 0) is 0 Å². The smallest absolute Gasteiger partial charge is 0.230 e. The number of benzene rings is 1. The lowest BCUT2D eigenvalue weighted by Crippen LogP contribution is -1.95. The number of hydrogen-bond donors (Lipinski definition) is 0. The molecule has 0 saturated heterocycles. The molecule has 0 bridgehead atoms. The third-order valence-electron chi connectivity index (χ3n) is 2.07. The first kappa shape index (κ1) is 12.8. The molecule has 1 heterocycles. The predicted octanol–water partition coefficient (Wildman–Crippen LogP) is 4.13. The van der Waals surface area contributed by atoms with Crippen molar-refractivity contribution < 1.29 is 13.9 Å². The summed E-state index contributed by atoms with van der Waals surface area (Å²) in [4.78, 5) is 14.5. The molecule has 0 N–H and O–H groups in total. The van der Waals surface area contributed by atoms with E-state index in [1.54, 1.807) is 12.1 Å². The van der Waals surface area contributed by atoms with Gasteiger partial charge in [-0.15, -0.1) is 0 Å². The Morgan fingerprint density at radius 2 is 2.06 bits per heavy atom. The van der Waals surface area contributed by atoms with E-state index in [-0.39, 0.29) is 17.2 Å². The van der Waals surface area contributed by atoms with E-state index in [9.17, 15) is 9.18 Å². The van der Waals surface area contributed by atoms with Crippen LogP contribution in [0.3, 0.4) is 0 Å². The molecule has 18 heavy (non-hydrogen) atoms. The number of nitrogens with zero attached hydrogens (tertiary/aromatic N) is 1. The quantitative estimate of drug-likeness (QED) is 0.796. The van der Waals surface area contributed by atoms with Crippen LogP contribution in [0.2, 0.25) is 10.0 Å². The first-order chi connectivity index (χ1) is 8.60. The predicted molar refractivity (Wildman–Crippen MR) is 66.1 cm³/mol. The standard InChI is InChI=1S/C12H6Cl2FNO2/c13-8-1-2-10(14)11(4-8)18-12-7(6-17)3-9(15)5-16-12/h1-6H. The summed E-state index contributed by atoms with van der Waals surface area (Å²) in [6.07, 6.45) is 1.39. The lowest BCUT2D eigenvalue weighted by molar-refractivity contribution is 0.112. The molecule has 0 atom stereocenters. The van der Waals surface area contributed by atoms with Crippen LogP contribution in [0.15, 0.2) is 30.5 Å². The molecule has 0 aliphatic heterocycles. The summed E-state index contributed by atoms with van der Waals surface area (Å²) in [5, 5.41) is 0.728. The van der Waals surface area contributed by atoms with E-state index in [4.69, 9.17) is 27.9 Å². The third-order valence-corrected chi connectivity index (χ3v) is 2.62. The lowest BCUT2D eigenvalue weighted by atomic mass is 10.3. The maximum absolute atomic E-state index is 12.9. The molecule has 92 valence electrons. The van der Waals surface area contributed by atoms with Crippen LogP contribution in [0.4, 0.5) is 4.39 Å². The minimum atomic E-state index is -0.623. The van der Waals surface area contributed by atoms with Crippen molar-refractivity contribution in [2.24, 2.45) is 0 Å². The molecule has 0 amide bonds. The maximum atomic E-state index is 12.9. The van der Waals surface area contributed by atoms with Crippen LogP contribution in [0.1, 0.15) is 10.4 Å². The van der Waals surface area contributed by atoms with Crippen LogP contribution in [0.25, 0.3) is 0 Å². The molecule has 6 heteroatoms. The monoisotopic (exact) mass is 285 g/mol. The number of carbonyl (C=O) groups is 1. The highest BCUT2D eigenvalue weighted by atomic mass is 35.5. The highest BCUT2D eigenvalue weighted by Crippen LogP contribution is 2.32. The van der Waals surface area contributed by atoms with Crippen molar-refractivity contribution >= 4 is 29.5 Å². The SMILES string of the molecule is O=Cc1cc(F)cnc1Oc1cc(Cl)ccc1Cl. The zero-order valence-electron chi connectivity index (χ0n) is 8.86. The average Bonchev–Trinajstić information content (AvgIpc) is 2.36. The second kappa shape index (κ2) is 5.33. The Kier molecular flexibility index (Phi) is 3.79. The molecule has 2 rings (SSSR count). The lowest BCUT2D eigenvalue weighted by Gasteiger charge is -2.08. The summed E-state index contributed by atoms with van der Waals surface area (Å²) in [5.41, 5.74) is -0.00829. The number of carbonyl (C=O) groups excluding carboxylic acids is 1. The van der Waals surface area contributed by atoms with Crippen LogP contribution in [-0.4, -0.2) is 11.3 Å². The van der Waals surface area contributed by atoms with E-state index in [1.807, 2.05) is 0 Å². The van der Waals surface area contributed by atoms with Crippen LogP contribution < -0.4 is 4.74 Å². The Balaban J connectivity index is 2.39. The first-order valence-electron chi connectivity index (χ1n) is 4.84. The minimum absolute atomic E-state index is 0.00829. The van der Waals surface area contributed by atoms with E-state index in [2.05, 4.69) is 4.98 Å². The van der Waals surface area contributed by atoms with Gasteiger partial charge in [-0.05, 0) is 18.2 Å². The molecule has 1 aromatic heterocycles. The first-order valence-corrected chi connectivity index (χ1v) is 5.59. The number of aromatic nitrogens is 1. The van der Waals surface area contributed by atoms with Gasteiger partial charge in [0, 0.05) is 11.1 Å². The van der Waals surface area contributed by atoms with Gasteiger partial charge in [-0.25, -0.2) is 9.37 Å². The number of halogens is 3. The van der Waals surface area contributed by atoms with Gasteiger partial charge >= 0.3 is 0 Å². The van der Waals surface area contributed by atoms with Gasteiger partial charge < -0.3 is 4.74 Å². The zero-order chi connectivity index (χ0) is 13.1. The molecular weight excluding hydrogens is 280 g/mol. The van der Waals surface area contributed by atoms with Crippen molar-refractivity contribution in [3.05, 3.63) is 51.9 Å². The molecule has 0 radical (unpaired) electrons. The van der Waals surface area contributed by atoms with Crippen molar-refractivity contribution in [2.45, 2.75) is 0 Å². The Hall–Kier alpha value is -1.65. The highest BCUT2D eigenvalue weighted by molar-refractivity contribution is 6.34. The largest absolute Gasteiger partial charge is 0.437 e. The third kappa shape index (κ3) is 2.78. The number of pyridine rings is 1. The van der Waals surface area contributed by atoms with Crippen molar-refractivity contribution in [3.8, 4) is 11.6 Å². The highest BCUT2D eigenvalue weighted by Gasteiger charge is 2.10. The van der Waals surface area contributed by atoms with Crippen LogP contribution in [0.5, 0.6) is 11.6 Å². The molecule has 3 nitrogen and oxygen atoms in total. The van der Waals surface area contributed by atoms with Crippen molar-refractivity contribution in [3.63, 3.8) is 0 Å². The number of rotatable bonds is 3. The number of hydrogen-bond acceptors (Lipinski definition) is 3. The number of ether oxygens (including phenoxy) is 1. The fraction of sp³-hybridized carbons (Fsp3) is 0. The Morgan fingerprint density at radius 3 is 2.78 bits per heavy atom. The molecule has 1 aromatic carbocycles. The Morgan fingerprint density at radius 1 is 1.28 bits per heavy atom. The molecule has 0 aliphatic rings. The van der Waals surface area contributed by atoms with Gasteiger partial charge in [0.15, 0.2) is 6.29 Å². The van der Waals surface area contributed by atoms with E-state index in [0.29, 0.717) is 16.3 Å². The summed E-state index contributed by atoms with van der Waals surface area (Å²) >= 11 is 11.7. The molecule has 2 aromatic rings. The van der Waals surface area contributed by atoms with Crippen LogP contribution in [0, 0.1) is 5.82 Å². The van der Waals surface area contributed by atoms with E-state index >= 15 is 0 Å². The van der Waals surface area contributed by atoms with Gasteiger partial charge in [0.25, 0.3) is 0 Å². The zero-order valence-corrected chi connectivity index (χ0v) is 10.4. The molecule has 0 spiro atoms. The van der Waals surface area contributed by atoms with Crippen LogP contribution >= 0.6 is 23.2 Å². The van der Waals surface area contributed by atoms with E-state index in [0.717, 1.165) is 12.3 Å². The van der Waals surface area contributed by atoms with Gasteiger partial charge in [0.1, 0.15) is 11.6 Å². The second-order valence-corrected chi connectivity index (χ2v) is 4.19. The van der Waals surface area contributed by atoms with Gasteiger partial charge in [-0.3, -0.25) is 4.79 Å². The summed E-state index contributed by atoms with van der Waals surface area (Å²) in [6.45, 7) is 0. The minimum Gasteiger partial charge on any atom is -0.437 e. The molecular formula is C12H6Cl2FNO2. The summed E-state index contributed by atoms with van der Waals surface area (Å²) in [7, 11) is 0. The Labute approximate surface area is 112 Å². The van der Waals surface area contributed by atoms with Crippen molar-refractivity contribution in [2.75, 3.05) is 0 Å². The van der Waals surface area contributed by atoms with Gasteiger partial charge in [-0.1, -0.05) is 23.2 Å². The summed E-state index contributed by atoms with van der Waals surface area (Å²) in [6, 6.07) is 5.64.